The molecule has 2 aromatic rings. The smallest absolute Gasteiger partial charge is 0.248 e. The molecule has 0 aliphatic carbocycles. The number of benzene rings is 1. The lowest BCUT2D eigenvalue weighted by Gasteiger charge is -2.08. The summed E-state index contributed by atoms with van der Waals surface area (Å²) < 4.78 is 0. The van der Waals surface area contributed by atoms with Crippen LogP contribution in [0.1, 0.15) is 25.6 Å². The van der Waals surface area contributed by atoms with Crippen molar-refractivity contribution in [3.8, 4) is 0 Å². The zero-order valence-corrected chi connectivity index (χ0v) is 10.7. The second kappa shape index (κ2) is 5.49. The van der Waals surface area contributed by atoms with Crippen molar-refractivity contribution in [1.82, 2.24) is 4.98 Å². The Hall–Kier alpha value is -2.41. The van der Waals surface area contributed by atoms with Gasteiger partial charge in [0.1, 0.15) is 0 Å². The normalized spacial score (nSPS) is 10.1. The number of primary amides is 2. The zero-order chi connectivity index (χ0) is 13.8. The Morgan fingerprint density at radius 2 is 1.79 bits per heavy atom. The summed E-state index contributed by atoms with van der Waals surface area (Å²) in [6.07, 6.45) is 1.74. The van der Waals surface area contributed by atoms with Gasteiger partial charge in [-0.1, -0.05) is 0 Å². The van der Waals surface area contributed by atoms with Gasteiger partial charge in [-0.15, -0.1) is 11.3 Å². The second-order valence-corrected chi connectivity index (χ2v) is 4.82. The van der Waals surface area contributed by atoms with E-state index in [0.717, 1.165) is 4.88 Å². The lowest BCUT2D eigenvalue weighted by Crippen LogP contribution is -2.16. The topological polar surface area (TPSA) is 111 Å². The molecule has 19 heavy (non-hydrogen) atoms. The van der Waals surface area contributed by atoms with Crippen LogP contribution in [0.15, 0.2) is 29.9 Å². The highest BCUT2D eigenvalue weighted by Crippen LogP contribution is 2.16. The predicted octanol–water partition coefficient (Wildman–Crippen LogP) is 0.953. The molecule has 1 aromatic heterocycles. The number of carbonyl (C=O) groups excluding carboxylic acids is 2. The fourth-order valence-corrected chi connectivity index (χ4v) is 2.07. The quantitative estimate of drug-likeness (QED) is 0.755. The van der Waals surface area contributed by atoms with E-state index < -0.39 is 11.8 Å². The minimum atomic E-state index is -0.607. The van der Waals surface area contributed by atoms with Gasteiger partial charge in [-0.05, 0) is 18.2 Å². The van der Waals surface area contributed by atoms with Gasteiger partial charge < -0.3 is 16.8 Å². The van der Waals surface area contributed by atoms with Gasteiger partial charge in [0.2, 0.25) is 11.8 Å². The van der Waals surface area contributed by atoms with Crippen LogP contribution in [-0.4, -0.2) is 16.8 Å². The molecule has 98 valence electrons. The molecular weight excluding hydrogens is 264 g/mol. The number of hydrogen-bond donors (Lipinski definition) is 3. The molecule has 0 aliphatic heterocycles. The van der Waals surface area contributed by atoms with Crippen molar-refractivity contribution in [3.05, 3.63) is 45.9 Å². The Kier molecular flexibility index (Phi) is 3.76. The molecule has 0 unspecified atom stereocenters. The number of nitrogens with zero attached hydrogens (tertiary/aromatic N) is 1. The molecule has 1 heterocycles. The summed E-state index contributed by atoms with van der Waals surface area (Å²) in [5.74, 6) is -1.21. The summed E-state index contributed by atoms with van der Waals surface area (Å²) in [6, 6.07) is 4.54. The average molecular weight is 276 g/mol. The van der Waals surface area contributed by atoms with Crippen molar-refractivity contribution in [2.24, 2.45) is 11.5 Å². The number of hydrogen-bond acceptors (Lipinski definition) is 5. The van der Waals surface area contributed by atoms with Crippen LogP contribution in [0, 0.1) is 0 Å². The van der Waals surface area contributed by atoms with Gasteiger partial charge in [-0.3, -0.25) is 14.6 Å². The van der Waals surface area contributed by atoms with Crippen LogP contribution in [-0.2, 0) is 6.54 Å². The van der Waals surface area contributed by atoms with E-state index in [4.69, 9.17) is 11.5 Å². The first kappa shape index (κ1) is 13.0. The molecule has 0 spiro atoms. The van der Waals surface area contributed by atoms with E-state index in [9.17, 15) is 9.59 Å². The summed E-state index contributed by atoms with van der Waals surface area (Å²) in [5, 5.41) is 3.09. The van der Waals surface area contributed by atoms with Crippen molar-refractivity contribution in [1.29, 1.82) is 0 Å². The second-order valence-electron chi connectivity index (χ2n) is 3.85. The van der Waals surface area contributed by atoms with Gasteiger partial charge in [-0.25, -0.2) is 0 Å². The van der Waals surface area contributed by atoms with Gasteiger partial charge in [0.05, 0.1) is 12.1 Å². The van der Waals surface area contributed by atoms with E-state index in [-0.39, 0.29) is 11.1 Å². The number of aromatic nitrogens is 1. The molecule has 0 fully saturated rings. The molecule has 0 aliphatic rings. The summed E-state index contributed by atoms with van der Waals surface area (Å²) in [4.78, 5) is 27.4. The molecule has 2 amide bonds. The van der Waals surface area contributed by atoms with Crippen LogP contribution < -0.4 is 16.8 Å². The molecule has 0 saturated carbocycles. The number of anilines is 1. The zero-order valence-electron chi connectivity index (χ0n) is 9.92. The summed E-state index contributed by atoms with van der Waals surface area (Å²) >= 11 is 1.51. The average Bonchev–Trinajstić information content (AvgIpc) is 2.89. The lowest BCUT2D eigenvalue weighted by atomic mass is 10.1. The van der Waals surface area contributed by atoms with Gasteiger partial charge in [0.25, 0.3) is 0 Å². The first-order valence-corrected chi connectivity index (χ1v) is 6.30. The number of rotatable bonds is 5. The Morgan fingerprint density at radius 1 is 1.16 bits per heavy atom. The monoisotopic (exact) mass is 276 g/mol. The maximum Gasteiger partial charge on any atom is 0.248 e. The third kappa shape index (κ3) is 3.29. The van der Waals surface area contributed by atoms with Crippen LogP contribution in [0.3, 0.4) is 0 Å². The number of nitrogens with two attached hydrogens (primary N) is 2. The largest absolute Gasteiger partial charge is 0.380 e. The number of amides is 2. The highest BCUT2D eigenvalue weighted by atomic mass is 32.1. The van der Waals surface area contributed by atoms with Gasteiger partial charge >= 0.3 is 0 Å². The van der Waals surface area contributed by atoms with Crippen molar-refractivity contribution in [2.75, 3.05) is 5.32 Å². The Morgan fingerprint density at radius 3 is 2.26 bits per heavy atom. The molecule has 0 radical (unpaired) electrons. The van der Waals surface area contributed by atoms with E-state index in [1.165, 1.54) is 17.4 Å². The minimum Gasteiger partial charge on any atom is -0.380 e. The van der Waals surface area contributed by atoms with Crippen LogP contribution in [0.5, 0.6) is 0 Å². The van der Waals surface area contributed by atoms with E-state index >= 15 is 0 Å². The van der Waals surface area contributed by atoms with Crippen molar-refractivity contribution in [2.45, 2.75) is 6.54 Å². The molecule has 2 rings (SSSR count). The predicted molar refractivity (Wildman–Crippen MR) is 72.9 cm³/mol. The van der Waals surface area contributed by atoms with Gasteiger partial charge in [0, 0.05) is 27.9 Å². The van der Waals surface area contributed by atoms with E-state index in [1.807, 2.05) is 0 Å². The maximum absolute atomic E-state index is 11.2. The van der Waals surface area contributed by atoms with E-state index in [2.05, 4.69) is 10.3 Å². The molecule has 5 N–H and O–H groups in total. The van der Waals surface area contributed by atoms with Gasteiger partial charge in [0.15, 0.2) is 0 Å². The minimum absolute atomic E-state index is 0.239. The SMILES string of the molecule is NC(=O)c1cc(NCc2cncs2)cc(C(N)=O)c1. The number of thiazole rings is 1. The lowest BCUT2D eigenvalue weighted by molar-refractivity contribution is 0.0999. The number of nitrogens with one attached hydrogen (secondary N) is 1. The Bertz CT molecular complexity index is 578. The molecular formula is C12H12N4O2S. The van der Waals surface area contributed by atoms with Crippen molar-refractivity contribution in [3.63, 3.8) is 0 Å². The van der Waals surface area contributed by atoms with Crippen molar-refractivity contribution < 1.29 is 9.59 Å². The Balaban J connectivity index is 2.23. The third-order valence-electron chi connectivity index (χ3n) is 2.45. The standard InChI is InChI=1S/C12H12N4O2S/c13-11(17)7-1-8(12(14)18)3-9(2-7)16-5-10-4-15-6-19-10/h1-4,6,16H,5H2,(H2,13,17)(H2,14,18). The molecule has 6 nitrogen and oxygen atoms in total. The van der Waals surface area contributed by atoms with Crippen LogP contribution in [0.4, 0.5) is 5.69 Å². The van der Waals surface area contributed by atoms with E-state index in [1.54, 1.807) is 23.8 Å². The highest BCUT2D eigenvalue weighted by Gasteiger charge is 2.09. The molecule has 0 atom stereocenters. The molecule has 0 bridgehead atoms. The molecule has 1 aromatic carbocycles. The van der Waals surface area contributed by atoms with Crippen molar-refractivity contribution >= 4 is 28.8 Å². The van der Waals surface area contributed by atoms with Crippen LogP contribution in [0.25, 0.3) is 0 Å². The first-order valence-electron chi connectivity index (χ1n) is 5.42. The maximum atomic E-state index is 11.2. The fourth-order valence-electron chi connectivity index (χ4n) is 1.53. The van der Waals surface area contributed by atoms with Gasteiger partial charge in [-0.2, -0.15) is 0 Å². The summed E-state index contributed by atoms with van der Waals surface area (Å²) in [5.41, 5.74) is 13.2. The third-order valence-corrected chi connectivity index (χ3v) is 3.23. The molecule has 0 saturated heterocycles. The Labute approximate surface area is 113 Å². The molecule has 7 heteroatoms. The van der Waals surface area contributed by atoms with Crippen LogP contribution in [0.2, 0.25) is 0 Å². The number of carbonyl (C=O) groups is 2. The first-order chi connectivity index (χ1) is 9.06. The van der Waals surface area contributed by atoms with Crippen LogP contribution >= 0.6 is 11.3 Å². The highest BCUT2D eigenvalue weighted by molar-refractivity contribution is 7.09. The van der Waals surface area contributed by atoms with E-state index in [0.29, 0.717) is 12.2 Å². The fraction of sp³-hybridized carbons (Fsp3) is 0.0833. The summed E-state index contributed by atoms with van der Waals surface area (Å²) in [7, 11) is 0. The summed E-state index contributed by atoms with van der Waals surface area (Å²) in [6.45, 7) is 0.547.